The van der Waals surface area contributed by atoms with Gasteiger partial charge in [0.05, 0.1) is 13.2 Å². The average molecular weight is 212 g/mol. The molecule has 0 aliphatic carbocycles. The van der Waals surface area contributed by atoms with Crippen molar-refractivity contribution in [2.75, 3.05) is 13.2 Å². The first-order valence-corrected chi connectivity index (χ1v) is 2.77. The molecule has 0 heterocycles. The number of allylic oxidation sites excluding steroid dienone is 1. The van der Waals surface area contributed by atoms with E-state index in [1.807, 2.05) is 0 Å². The van der Waals surface area contributed by atoms with Gasteiger partial charge in [-0.15, -0.1) is 0 Å². The van der Waals surface area contributed by atoms with Crippen molar-refractivity contribution < 1.29 is 36.6 Å². The number of alkyl halides is 3. The predicted octanol–water partition coefficient (Wildman–Crippen LogP) is 1.60. The summed E-state index contributed by atoms with van der Waals surface area (Å²) in [7, 11) is 0. The zero-order valence-electron chi connectivity index (χ0n) is 6.08. The van der Waals surface area contributed by atoms with Gasteiger partial charge in [-0.3, -0.25) is 0 Å². The van der Waals surface area contributed by atoms with Crippen LogP contribution in [-0.4, -0.2) is 29.6 Å². The summed E-state index contributed by atoms with van der Waals surface area (Å²) in [6.07, 6.45) is -8.90. The van der Waals surface area contributed by atoms with E-state index >= 15 is 0 Å². The molecule has 8 heteroatoms. The van der Waals surface area contributed by atoms with Crippen LogP contribution in [0.25, 0.3) is 0 Å². The van der Waals surface area contributed by atoms with Crippen LogP contribution in [-0.2, 0) is 0 Å². The van der Waals surface area contributed by atoms with Gasteiger partial charge >= 0.3 is 12.3 Å². The molecule has 0 aromatic carbocycles. The number of aliphatic hydroxyl groups excluding tert-OH is 2. The van der Waals surface area contributed by atoms with Crippen molar-refractivity contribution in [3.63, 3.8) is 0 Å². The molecular weight excluding hydrogens is 206 g/mol. The highest BCUT2D eigenvalue weighted by Crippen LogP contribution is 2.29. The maximum Gasteiger partial charge on any atom is 0.448 e. The van der Waals surface area contributed by atoms with Gasteiger partial charge in [0, 0.05) is 0 Å². The minimum atomic E-state index is -5.56. The van der Waals surface area contributed by atoms with Gasteiger partial charge in [0.2, 0.25) is 0 Å². The highest BCUT2D eigenvalue weighted by Gasteiger charge is 2.38. The third-order valence-electron chi connectivity index (χ3n) is 0.515. The molecule has 0 aliphatic heterocycles. The number of rotatable bonds is 1. The molecule has 2 N–H and O–H groups in total. The van der Waals surface area contributed by atoms with Crippen LogP contribution in [0.5, 0.6) is 0 Å². The Hall–Kier alpha value is -0.760. The summed E-state index contributed by atoms with van der Waals surface area (Å²) in [5.41, 5.74) is 0. The van der Waals surface area contributed by atoms with Crippen molar-refractivity contribution in [3.05, 3.63) is 11.9 Å². The van der Waals surface area contributed by atoms with E-state index in [0.29, 0.717) is 0 Å². The quantitative estimate of drug-likeness (QED) is 0.648. The van der Waals surface area contributed by atoms with Crippen molar-refractivity contribution in [3.8, 4) is 0 Å². The normalized spacial score (nSPS) is 10.2. The summed E-state index contributed by atoms with van der Waals surface area (Å²) in [6.45, 7) is -0.250. The van der Waals surface area contributed by atoms with Crippen LogP contribution in [0.3, 0.4) is 0 Å². The second-order valence-corrected chi connectivity index (χ2v) is 1.52. The Balaban J connectivity index is 0. The van der Waals surface area contributed by atoms with Crippen LogP contribution in [0, 0.1) is 0 Å². The minimum absolute atomic E-state index is 0.125. The van der Waals surface area contributed by atoms with Crippen LogP contribution in [0.2, 0.25) is 0 Å². The molecule has 0 atom stereocenters. The van der Waals surface area contributed by atoms with Gasteiger partial charge in [0.15, 0.2) is 0 Å². The number of hydrogen-bond donors (Lipinski definition) is 2. The Morgan fingerprint density at radius 1 is 0.923 bits per heavy atom. The van der Waals surface area contributed by atoms with Crippen molar-refractivity contribution in [1.82, 2.24) is 0 Å². The van der Waals surface area contributed by atoms with Crippen molar-refractivity contribution in [2.45, 2.75) is 6.18 Å². The Kier molecular flexibility index (Phi) is 7.63. The minimum Gasteiger partial charge on any atom is -0.394 e. The van der Waals surface area contributed by atoms with Crippen LogP contribution >= 0.6 is 0 Å². The summed E-state index contributed by atoms with van der Waals surface area (Å²) >= 11 is 0. The van der Waals surface area contributed by atoms with Gasteiger partial charge in [-0.05, 0) is 0 Å². The zero-order chi connectivity index (χ0) is 11.1. The van der Waals surface area contributed by atoms with Crippen LogP contribution in [0.15, 0.2) is 11.9 Å². The standard InChI is InChI=1S/C3F6.C2H6O2/c4-1(2(5)6)3(7,8)9;3-1-2-4/h;3-4H,1-2H2. The molecule has 2 nitrogen and oxygen atoms in total. The van der Waals surface area contributed by atoms with E-state index in [-0.39, 0.29) is 13.2 Å². The second-order valence-electron chi connectivity index (χ2n) is 1.52. The zero-order valence-corrected chi connectivity index (χ0v) is 6.08. The SMILES string of the molecule is FC(F)=C(F)C(F)(F)F.OCCO. The molecule has 0 saturated carbocycles. The summed E-state index contributed by atoms with van der Waals surface area (Å²) in [4.78, 5) is 0. The number of halogens is 6. The summed E-state index contributed by atoms with van der Waals surface area (Å²) in [5.74, 6) is -3.33. The molecule has 0 aromatic heterocycles. The van der Waals surface area contributed by atoms with Gasteiger partial charge in [0.25, 0.3) is 5.83 Å². The Morgan fingerprint density at radius 3 is 1.23 bits per heavy atom. The summed E-state index contributed by atoms with van der Waals surface area (Å²) in [6, 6.07) is 0. The first kappa shape index (κ1) is 14.7. The van der Waals surface area contributed by atoms with E-state index in [0.717, 1.165) is 0 Å². The van der Waals surface area contributed by atoms with Crippen LogP contribution < -0.4 is 0 Å². The van der Waals surface area contributed by atoms with Gasteiger partial charge in [-0.1, -0.05) is 0 Å². The van der Waals surface area contributed by atoms with Crippen molar-refractivity contribution in [1.29, 1.82) is 0 Å². The molecule has 0 bridgehead atoms. The van der Waals surface area contributed by atoms with E-state index in [1.54, 1.807) is 0 Å². The first-order chi connectivity index (χ1) is 5.77. The monoisotopic (exact) mass is 212 g/mol. The molecule has 0 amide bonds. The van der Waals surface area contributed by atoms with Gasteiger partial charge < -0.3 is 10.2 Å². The lowest BCUT2D eigenvalue weighted by Crippen LogP contribution is -2.08. The smallest absolute Gasteiger partial charge is 0.394 e. The van der Waals surface area contributed by atoms with Crippen LogP contribution in [0.1, 0.15) is 0 Å². The van der Waals surface area contributed by atoms with Crippen molar-refractivity contribution in [2.24, 2.45) is 0 Å². The topological polar surface area (TPSA) is 40.5 Å². The molecule has 0 fully saturated rings. The molecule has 0 rings (SSSR count). The van der Waals surface area contributed by atoms with E-state index in [2.05, 4.69) is 0 Å². The Bertz CT molecular complexity index is 157. The molecule has 0 spiro atoms. The molecule has 0 aliphatic rings. The van der Waals surface area contributed by atoms with E-state index in [1.165, 1.54) is 0 Å². The maximum atomic E-state index is 11.0. The Morgan fingerprint density at radius 2 is 1.23 bits per heavy atom. The summed E-state index contributed by atoms with van der Waals surface area (Å²) < 4.78 is 64.8. The van der Waals surface area contributed by atoms with Gasteiger partial charge in [-0.2, -0.15) is 26.3 Å². The predicted molar refractivity (Wildman–Crippen MR) is 30.6 cm³/mol. The van der Waals surface area contributed by atoms with E-state index in [4.69, 9.17) is 10.2 Å². The lowest BCUT2D eigenvalue weighted by molar-refractivity contribution is -0.113. The fourth-order valence-corrected chi connectivity index (χ4v) is 0.107. The molecule has 0 radical (unpaired) electrons. The fourth-order valence-electron chi connectivity index (χ4n) is 0.107. The third-order valence-corrected chi connectivity index (χ3v) is 0.515. The third kappa shape index (κ3) is 9.15. The first-order valence-electron chi connectivity index (χ1n) is 2.77. The molecule has 13 heavy (non-hydrogen) atoms. The fraction of sp³-hybridized carbons (Fsp3) is 0.600. The highest BCUT2D eigenvalue weighted by atomic mass is 19.4. The van der Waals surface area contributed by atoms with Gasteiger partial charge in [-0.25, -0.2) is 0 Å². The maximum absolute atomic E-state index is 11.0. The average Bonchev–Trinajstić information content (AvgIpc) is 2.02. The summed E-state index contributed by atoms with van der Waals surface area (Å²) in [5, 5.41) is 15.2. The molecule has 80 valence electrons. The highest BCUT2D eigenvalue weighted by molar-refractivity contribution is 4.98. The number of hydrogen-bond acceptors (Lipinski definition) is 2. The van der Waals surface area contributed by atoms with E-state index < -0.39 is 18.1 Å². The molecule has 0 aromatic rings. The number of aliphatic hydroxyl groups is 2. The lowest BCUT2D eigenvalue weighted by Gasteiger charge is -1.98. The lowest BCUT2D eigenvalue weighted by atomic mass is 10.6. The molecule has 0 saturated heterocycles. The second kappa shape index (κ2) is 6.72. The molecular formula is C5H6F6O2. The molecule has 0 unspecified atom stereocenters. The van der Waals surface area contributed by atoms with E-state index in [9.17, 15) is 26.3 Å². The van der Waals surface area contributed by atoms with Crippen LogP contribution in [0.4, 0.5) is 26.3 Å². The Labute approximate surface area is 69.1 Å². The van der Waals surface area contributed by atoms with Gasteiger partial charge in [0.1, 0.15) is 0 Å². The van der Waals surface area contributed by atoms with Crippen molar-refractivity contribution >= 4 is 0 Å². The largest absolute Gasteiger partial charge is 0.448 e.